The van der Waals surface area contributed by atoms with E-state index in [1.54, 1.807) is 31.2 Å². The summed E-state index contributed by atoms with van der Waals surface area (Å²) in [5, 5.41) is 2.72. The van der Waals surface area contributed by atoms with E-state index < -0.39 is 10.0 Å². The normalized spacial score (nSPS) is 11.5. The Balaban J connectivity index is 1.77. The molecule has 7 heteroatoms. The van der Waals surface area contributed by atoms with Crippen LogP contribution in [0.2, 0.25) is 0 Å². The molecule has 3 aromatic rings. The maximum absolute atomic E-state index is 13.1. The third kappa shape index (κ3) is 4.68. The largest absolute Gasteiger partial charge is 0.467 e. The van der Waals surface area contributed by atoms with E-state index in [4.69, 9.17) is 4.42 Å². The number of furan rings is 1. The first-order valence-corrected chi connectivity index (χ1v) is 10.4. The summed E-state index contributed by atoms with van der Waals surface area (Å²) in [5.74, 6) is 0.261. The standard InChI is InChI=1S/C21H22N2O4S/c1-2-23(16-17-8-4-3-5-9-17)28(25,26)20-12-6-10-18(14-20)21(24)22-15-19-11-7-13-27-19/h3-14H,2,15-16H2,1H3,(H,22,24). The molecule has 0 bridgehead atoms. The smallest absolute Gasteiger partial charge is 0.251 e. The molecule has 6 nitrogen and oxygen atoms in total. The summed E-state index contributed by atoms with van der Waals surface area (Å²) in [6.45, 7) is 2.62. The zero-order valence-electron chi connectivity index (χ0n) is 15.5. The summed E-state index contributed by atoms with van der Waals surface area (Å²) < 4.78 is 32.7. The van der Waals surface area contributed by atoms with Crippen LogP contribution in [0.3, 0.4) is 0 Å². The summed E-state index contributed by atoms with van der Waals surface area (Å²) in [5.41, 5.74) is 1.18. The molecule has 0 unspecified atom stereocenters. The summed E-state index contributed by atoms with van der Waals surface area (Å²) in [7, 11) is -3.73. The molecule has 0 aliphatic rings. The lowest BCUT2D eigenvalue weighted by Gasteiger charge is -2.21. The van der Waals surface area contributed by atoms with Gasteiger partial charge in [0, 0.05) is 18.7 Å². The molecule has 0 radical (unpaired) electrons. The van der Waals surface area contributed by atoms with Gasteiger partial charge in [0.15, 0.2) is 0 Å². The molecule has 146 valence electrons. The van der Waals surface area contributed by atoms with Gasteiger partial charge in [-0.15, -0.1) is 0 Å². The molecule has 0 aliphatic carbocycles. The number of benzene rings is 2. The Labute approximate surface area is 164 Å². The van der Waals surface area contributed by atoms with Gasteiger partial charge in [-0.3, -0.25) is 4.79 Å². The van der Waals surface area contributed by atoms with Crippen LogP contribution in [0.1, 0.15) is 28.6 Å². The van der Waals surface area contributed by atoms with Crippen LogP contribution < -0.4 is 5.32 Å². The molecule has 28 heavy (non-hydrogen) atoms. The van der Waals surface area contributed by atoms with E-state index in [0.29, 0.717) is 12.3 Å². The highest BCUT2D eigenvalue weighted by atomic mass is 32.2. The van der Waals surface area contributed by atoms with Crippen molar-refractivity contribution in [3.05, 3.63) is 89.9 Å². The lowest BCUT2D eigenvalue weighted by atomic mass is 10.2. The van der Waals surface area contributed by atoms with Crippen LogP contribution in [0.25, 0.3) is 0 Å². The number of amides is 1. The van der Waals surface area contributed by atoms with Crippen LogP contribution in [0.15, 0.2) is 82.3 Å². The van der Waals surface area contributed by atoms with Gasteiger partial charge in [-0.05, 0) is 35.9 Å². The number of carbonyl (C=O) groups excluding carboxylic acids is 1. The number of carbonyl (C=O) groups is 1. The quantitative estimate of drug-likeness (QED) is 0.631. The number of nitrogens with zero attached hydrogens (tertiary/aromatic N) is 1. The van der Waals surface area contributed by atoms with Crippen molar-refractivity contribution in [2.45, 2.75) is 24.9 Å². The zero-order valence-corrected chi connectivity index (χ0v) is 16.4. The molecule has 0 spiro atoms. The van der Waals surface area contributed by atoms with Gasteiger partial charge in [0.1, 0.15) is 5.76 Å². The van der Waals surface area contributed by atoms with Gasteiger partial charge in [-0.2, -0.15) is 4.31 Å². The van der Waals surface area contributed by atoms with E-state index in [-0.39, 0.29) is 29.5 Å². The fraction of sp³-hybridized carbons (Fsp3) is 0.190. The number of sulfonamides is 1. The van der Waals surface area contributed by atoms with Gasteiger partial charge in [0.25, 0.3) is 5.91 Å². The summed E-state index contributed by atoms with van der Waals surface area (Å²) in [4.78, 5) is 12.5. The molecule has 2 aromatic carbocycles. The highest BCUT2D eigenvalue weighted by Gasteiger charge is 2.24. The number of hydrogen-bond acceptors (Lipinski definition) is 4. The van der Waals surface area contributed by atoms with E-state index in [2.05, 4.69) is 5.32 Å². The zero-order chi connectivity index (χ0) is 20.0. The van der Waals surface area contributed by atoms with Crippen LogP contribution in [-0.4, -0.2) is 25.2 Å². The Morgan fingerprint density at radius 3 is 2.50 bits per heavy atom. The third-order valence-electron chi connectivity index (χ3n) is 4.29. The number of hydrogen-bond donors (Lipinski definition) is 1. The van der Waals surface area contributed by atoms with Crippen molar-refractivity contribution in [1.82, 2.24) is 9.62 Å². The molecule has 1 amide bonds. The molecule has 0 fully saturated rings. The van der Waals surface area contributed by atoms with E-state index in [9.17, 15) is 13.2 Å². The minimum Gasteiger partial charge on any atom is -0.467 e. The maximum Gasteiger partial charge on any atom is 0.251 e. The molecule has 0 aliphatic heterocycles. The molecule has 1 heterocycles. The van der Waals surface area contributed by atoms with Gasteiger partial charge in [0.05, 0.1) is 17.7 Å². The van der Waals surface area contributed by atoms with Crippen molar-refractivity contribution in [2.75, 3.05) is 6.54 Å². The lowest BCUT2D eigenvalue weighted by molar-refractivity contribution is 0.0948. The van der Waals surface area contributed by atoms with Gasteiger partial charge in [-0.25, -0.2) is 8.42 Å². The minimum absolute atomic E-state index is 0.0935. The van der Waals surface area contributed by atoms with Gasteiger partial charge < -0.3 is 9.73 Å². The number of rotatable bonds is 8. The van der Waals surface area contributed by atoms with Crippen LogP contribution in [0.5, 0.6) is 0 Å². The average Bonchev–Trinajstić information content (AvgIpc) is 3.24. The lowest BCUT2D eigenvalue weighted by Crippen LogP contribution is -2.31. The molecular weight excluding hydrogens is 376 g/mol. The molecule has 0 saturated heterocycles. The fourth-order valence-electron chi connectivity index (χ4n) is 2.78. The molecule has 0 saturated carbocycles. The molecule has 1 aromatic heterocycles. The van der Waals surface area contributed by atoms with Crippen LogP contribution >= 0.6 is 0 Å². The highest BCUT2D eigenvalue weighted by Crippen LogP contribution is 2.19. The van der Waals surface area contributed by atoms with E-state index in [1.807, 2.05) is 30.3 Å². The maximum atomic E-state index is 13.1. The van der Waals surface area contributed by atoms with Crippen molar-refractivity contribution in [1.29, 1.82) is 0 Å². The highest BCUT2D eigenvalue weighted by molar-refractivity contribution is 7.89. The summed E-state index contributed by atoms with van der Waals surface area (Å²) in [6, 6.07) is 19.0. The fourth-order valence-corrected chi connectivity index (χ4v) is 4.27. The van der Waals surface area contributed by atoms with Crippen LogP contribution in [0, 0.1) is 0 Å². The minimum atomic E-state index is -3.73. The second-order valence-electron chi connectivity index (χ2n) is 6.21. The van der Waals surface area contributed by atoms with Crippen LogP contribution in [-0.2, 0) is 23.1 Å². The molecule has 0 atom stereocenters. The average molecular weight is 398 g/mol. The molecule has 3 rings (SSSR count). The predicted molar refractivity (Wildman–Crippen MR) is 106 cm³/mol. The Morgan fingerprint density at radius 1 is 1.04 bits per heavy atom. The monoisotopic (exact) mass is 398 g/mol. The second kappa shape index (κ2) is 8.86. The van der Waals surface area contributed by atoms with Crippen molar-refractivity contribution < 1.29 is 17.6 Å². The Kier molecular flexibility index (Phi) is 6.28. The summed E-state index contributed by atoms with van der Waals surface area (Å²) in [6.07, 6.45) is 1.53. The molecular formula is C21H22N2O4S. The van der Waals surface area contributed by atoms with Crippen molar-refractivity contribution in [3.63, 3.8) is 0 Å². The Bertz CT molecular complexity index is 1020. The van der Waals surface area contributed by atoms with E-state index >= 15 is 0 Å². The van der Waals surface area contributed by atoms with Gasteiger partial charge in [0.2, 0.25) is 10.0 Å². The molecule has 1 N–H and O–H groups in total. The van der Waals surface area contributed by atoms with Crippen LogP contribution in [0.4, 0.5) is 0 Å². The van der Waals surface area contributed by atoms with Gasteiger partial charge in [-0.1, -0.05) is 43.3 Å². The van der Waals surface area contributed by atoms with E-state index in [1.165, 1.54) is 22.7 Å². The van der Waals surface area contributed by atoms with E-state index in [0.717, 1.165) is 5.56 Å². The van der Waals surface area contributed by atoms with Gasteiger partial charge >= 0.3 is 0 Å². The second-order valence-corrected chi connectivity index (χ2v) is 8.14. The number of nitrogens with one attached hydrogen (secondary N) is 1. The van der Waals surface area contributed by atoms with Crippen molar-refractivity contribution in [2.24, 2.45) is 0 Å². The summed E-state index contributed by atoms with van der Waals surface area (Å²) >= 11 is 0. The Morgan fingerprint density at radius 2 is 1.82 bits per heavy atom. The van der Waals surface area contributed by atoms with Crippen molar-refractivity contribution >= 4 is 15.9 Å². The Hall–Kier alpha value is -2.90. The third-order valence-corrected chi connectivity index (χ3v) is 6.21. The van der Waals surface area contributed by atoms with Crippen molar-refractivity contribution in [3.8, 4) is 0 Å². The topological polar surface area (TPSA) is 79.6 Å². The first kappa shape index (κ1) is 19.9. The SMILES string of the molecule is CCN(Cc1ccccc1)S(=O)(=O)c1cccc(C(=O)NCc2ccco2)c1. The first-order chi connectivity index (χ1) is 13.5. The first-order valence-electron chi connectivity index (χ1n) is 8.95. The predicted octanol–water partition coefficient (Wildman–Crippen LogP) is 3.42.